The molecule has 1 aromatic heterocycles. The third-order valence-corrected chi connectivity index (χ3v) is 3.64. The van der Waals surface area contributed by atoms with E-state index in [1.807, 2.05) is 0 Å². The number of carbonyl (C=O) groups is 1. The van der Waals surface area contributed by atoms with Crippen molar-refractivity contribution in [3.63, 3.8) is 0 Å². The molecule has 1 aliphatic carbocycles. The lowest BCUT2D eigenvalue weighted by atomic mass is 9.82. The van der Waals surface area contributed by atoms with Crippen molar-refractivity contribution in [2.45, 2.75) is 32.6 Å². The van der Waals surface area contributed by atoms with Gasteiger partial charge in [0.25, 0.3) is 5.91 Å². The number of nitrogens with zero attached hydrogens (tertiary/aromatic N) is 1. The molecule has 1 saturated carbocycles. The van der Waals surface area contributed by atoms with Crippen molar-refractivity contribution in [2.75, 3.05) is 12.3 Å². The fourth-order valence-corrected chi connectivity index (χ4v) is 2.62. The molecule has 0 bridgehead atoms. The lowest BCUT2D eigenvalue weighted by Gasteiger charge is -2.26. The molecule has 0 saturated heterocycles. The molecule has 98 valence electrons. The number of anilines is 1. The number of hydrogen-bond donors (Lipinski definition) is 2. The van der Waals surface area contributed by atoms with Crippen molar-refractivity contribution < 1.29 is 4.79 Å². The number of amides is 1. The number of hydrogen-bond acceptors (Lipinski definition) is 3. The minimum Gasteiger partial charge on any atom is -0.384 e. The molecule has 1 fully saturated rings. The van der Waals surface area contributed by atoms with Crippen molar-refractivity contribution in [2.24, 2.45) is 11.8 Å². The molecule has 0 spiro atoms. The van der Waals surface area contributed by atoms with Gasteiger partial charge in [0, 0.05) is 12.7 Å². The van der Waals surface area contributed by atoms with Gasteiger partial charge in [0.2, 0.25) is 0 Å². The molecular formula is C14H21N3O. The number of carbonyl (C=O) groups excluding carboxylic acids is 1. The summed E-state index contributed by atoms with van der Waals surface area (Å²) in [5.41, 5.74) is 6.07. The van der Waals surface area contributed by atoms with Crippen molar-refractivity contribution >= 4 is 11.7 Å². The van der Waals surface area contributed by atoms with Crippen molar-refractivity contribution in [1.82, 2.24) is 10.3 Å². The average Bonchev–Trinajstić information content (AvgIpc) is 2.37. The normalized spacial score (nSPS) is 23.6. The van der Waals surface area contributed by atoms with Gasteiger partial charge in [-0.2, -0.15) is 0 Å². The van der Waals surface area contributed by atoms with Gasteiger partial charge >= 0.3 is 0 Å². The lowest BCUT2D eigenvalue weighted by Crippen LogP contribution is -2.31. The van der Waals surface area contributed by atoms with Crippen molar-refractivity contribution in [1.29, 1.82) is 0 Å². The van der Waals surface area contributed by atoms with E-state index in [1.54, 1.807) is 12.1 Å². The van der Waals surface area contributed by atoms with Gasteiger partial charge in [-0.15, -0.1) is 0 Å². The summed E-state index contributed by atoms with van der Waals surface area (Å²) in [6.07, 6.45) is 6.58. The number of pyridine rings is 1. The second kappa shape index (κ2) is 5.85. The zero-order chi connectivity index (χ0) is 13.0. The van der Waals surface area contributed by atoms with E-state index in [0.717, 1.165) is 12.5 Å². The smallest absolute Gasteiger partial charge is 0.252 e. The summed E-state index contributed by atoms with van der Waals surface area (Å²) < 4.78 is 0. The minimum absolute atomic E-state index is 0.0549. The fraction of sp³-hybridized carbons (Fsp3) is 0.571. The van der Waals surface area contributed by atoms with Gasteiger partial charge in [-0.25, -0.2) is 4.98 Å². The first-order valence-electron chi connectivity index (χ1n) is 6.65. The van der Waals surface area contributed by atoms with E-state index in [0.29, 0.717) is 17.3 Å². The summed E-state index contributed by atoms with van der Waals surface area (Å²) in [6, 6.07) is 3.36. The van der Waals surface area contributed by atoms with Crippen LogP contribution < -0.4 is 11.1 Å². The number of aromatic nitrogens is 1. The van der Waals surface area contributed by atoms with Gasteiger partial charge < -0.3 is 11.1 Å². The highest BCUT2D eigenvalue weighted by Crippen LogP contribution is 2.27. The van der Waals surface area contributed by atoms with Crippen LogP contribution in [0, 0.1) is 11.8 Å². The molecule has 1 aliphatic rings. The van der Waals surface area contributed by atoms with Crippen LogP contribution in [0.25, 0.3) is 0 Å². The number of nitrogens with two attached hydrogens (primary N) is 1. The van der Waals surface area contributed by atoms with Crippen LogP contribution in [0.5, 0.6) is 0 Å². The van der Waals surface area contributed by atoms with Crippen LogP contribution in [0.15, 0.2) is 18.3 Å². The molecule has 4 heteroatoms. The maximum atomic E-state index is 11.9. The second-order valence-corrected chi connectivity index (χ2v) is 5.32. The van der Waals surface area contributed by atoms with Crippen LogP contribution in [0.1, 0.15) is 43.0 Å². The third kappa shape index (κ3) is 3.45. The SMILES string of the molecule is CC1CCCC(CNC(=O)c2ccc(N)nc2)C1. The maximum Gasteiger partial charge on any atom is 0.252 e. The Morgan fingerprint density at radius 2 is 2.33 bits per heavy atom. The van der Waals surface area contributed by atoms with E-state index < -0.39 is 0 Å². The minimum atomic E-state index is -0.0549. The summed E-state index contributed by atoms with van der Waals surface area (Å²) in [7, 11) is 0. The predicted octanol–water partition coefficient (Wildman–Crippen LogP) is 2.22. The molecule has 4 nitrogen and oxygen atoms in total. The van der Waals surface area contributed by atoms with Crippen molar-refractivity contribution in [3.05, 3.63) is 23.9 Å². The Bertz CT molecular complexity index is 402. The molecule has 1 amide bonds. The van der Waals surface area contributed by atoms with Crippen LogP contribution in [0.4, 0.5) is 5.82 Å². The Morgan fingerprint density at radius 3 is 3.00 bits per heavy atom. The topological polar surface area (TPSA) is 68.0 Å². The van der Waals surface area contributed by atoms with Crippen molar-refractivity contribution in [3.8, 4) is 0 Å². The highest BCUT2D eigenvalue weighted by Gasteiger charge is 2.19. The van der Waals surface area contributed by atoms with Gasteiger partial charge in [0.15, 0.2) is 0 Å². The van der Waals surface area contributed by atoms with Gasteiger partial charge in [-0.05, 0) is 36.8 Å². The Morgan fingerprint density at radius 1 is 1.50 bits per heavy atom. The quantitative estimate of drug-likeness (QED) is 0.860. The maximum absolute atomic E-state index is 11.9. The molecule has 3 N–H and O–H groups in total. The van der Waals surface area contributed by atoms with Crippen LogP contribution in [-0.4, -0.2) is 17.4 Å². The lowest BCUT2D eigenvalue weighted by molar-refractivity contribution is 0.0940. The van der Waals surface area contributed by atoms with Gasteiger partial charge in [-0.1, -0.05) is 19.8 Å². The van der Waals surface area contributed by atoms with Gasteiger partial charge in [0.1, 0.15) is 5.82 Å². The van der Waals surface area contributed by atoms with E-state index in [1.165, 1.54) is 31.9 Å². The van der Waals surface area contributed by atoms with Crippen LogP contribution >= 0.6 is 0 Å². The molecule has 0 radical (unpaired) electrons. The Kier molecular flexibility index (Phi) is 4.18. The zero-order valence-electron chi connectivity index (χ0n) is 10.9. The van der Waals surface area contributed by atoms with E-state index in [9.17, 15) is 4.79 Å². The summed E-state index contributed by atoms with van der Waals surface area (Å²) in [4.78, 5) is 15.8. The average molecular weight is 247 g/mol. The van der Waals surface area contributed by atoms with E-state index >= 15 is 0 Å². The first kappa shape index (κ1) is 12.9. The van der Waals surface area contributed by atoms with Crippen LogP contribution in [0.2, 0.25) is 0 Å². The summed E-state index contributed by atoms with van der Waals surface area (Å²) in [6.45, 7) is 3.06. The Balaban J connectivity index is 1.82. The Hall–Kier alpha value is -1.58. The number of nitrogen functional groups attached to an aromatic ring is 1. The molecular weight excluding hydrogens is 226 g/mol. The van der Waals surface area contributed by atoms with E-state index in [4.69, 9.17) is 5.73 Å². The molecule has 2 rings (SSSR count). The Labute approximate surface area is 108 Å². The molecule has 18 heavy (non-hydrogen) atoms. The van der Waals surface area contributed by atoms with E-state index in [-0.39, 0.29) is 5.91 Å². The molecule has 1 heterocycles. The fourth-order valence-electron chi connectivity index (χ4n) is 2.62. The molecule has 0 aliphatic heterocycles. The summed E-state index contributed by atoms with van der Waals surface area (Å²) >= 11 is 0. The molecule has 1 aromatic rings. The van der Waals surface area contributed by atoms with Gasteiger partial charge in [-0.3, -0.25) is 4.79 Å². The number of nitrogens with one attached hydrogen (secondary N) is 1. The largest absolute Gasteiger partial charge is 0.384 e. The first-order chi connectivity index (χ1) is 8.65. The first-order valence-corrected chi connectivity index (χ1v) is 6.65. The second-order valence-electron chi connectivity index (χ2n) is 5.32. The third-order valence-electron chi connectivity index (χ3n) is 3.64. The zero-order valence-corrected chi connectivity index (χ0v) is 10.9. The number of rotatable bonds is 3. The van der Waals surface area contributed by atoms with Crippen LogP contribution in [0.3, 0.4) is 0 Å². The summed E-state index contributed by atoms with van der Waals surface area (Å²) in [5.74, 6) is 1.80. The molecule has 2 unspecified atom stereocenters. The van der Waals surface area contributed by atoms with E-state index in [2.05, 4.69) is 17.2 Å². The molecule has 2 atom stereocenters. The monoisotopic (exact) mass is 247 g/mol. The highest BCUT2D eigenvalue weighted by molar-refractivity contribution is 5.93. The standard InChI is InChI=1S/C14H21N3O/c1-10-3-2-4-11(7-10)8-17-14(18)12-5-6-13(15)16-9-12/h5-6,9-11H,2-4,7-8H2,1H3,(H2,15,16)(H,17,18). The summed E-state index contributed by atoms with van der Waals surface area (Å²) in [5, 5.41) is 2.99. The molecule has 0 aromatic carbocycles. The van der Waals surface area contributed by atoms with Crippen LogP contribution in [-0.2, 0) is 0 Å². The van der Waals surface area contributed by atoms with Gasteiger partial charge in [0.05, 0.1) is 5.56 Å². The predicted molar refractivity (Wildman–Crippen MR) is 72.1 cm³/mol. The highest BCUT2D eigenvalue weighted by atomic mass is 16.1.